The topological polar surface area (TPSA) is 100 Å². The van der Waals surface area contributed by atoms with Gasteiger partial charge in [-0.15, -0.1) is 0 Å². The molecular formula is C27H25N5O3. The summed E-state index contributed by atoms with van der Waals surface area (Å²) in [4.78, 5) is 35.9. The van der Waals surface area contributed by atoms with Crippen molar-refractivity contribution in [3.05, 3.63) is 83.7 Å². The zero-order valence-electron chi connectivity index (χ0n) is 19.7. The standard InChI is InChI=1S/C27H25N5O3/c1-16(2)31-10-9-29-25(31)23-5-4-6-24(30-23)32-15-18-8-7-17(14-22(18)26(32)33)19-11-20(27(34)35)13-21(12-19)28-3/h4-14,16,28H,15H2,1-3H3,(H,34,35). The summed E-state index contributed by atoms with van der Waals surface area (Å²) >= 11 is 0. The summed E-state index contributed by atoms with van der Waals surface area (Å²) in [6, 6.07) is 16.6. The van der Waals surface area contributed by atoms with Crippen molar-refractivity contribution in [3.63, 3.8) is 0 Å². The fraction of sp³-hybridized carbons (Fsp3) is 0.185. The number of carboxylic acids is 1. The maximum absolute atomic E-state index is 13.4. The third-order valence-corrected chi connectivity index (χ3v) is 6.18. The van der Waals surface area contributed by atoms with E-state index >= 15 is 0 Å². The van der Waals surface area contributed by atoms with Crippen LogP contribution in [0.1, 0.15) is 46.2 Å². The molecule has 1 amide bonds. The summed E-state index contributed by atoms with van der Waals surface area (Å²) in [7, 11) is 1.74. The van der Waals surface area contributed by atoms with Gasteiger partial charge in [-0.1, -0.05) is 18.2 Å². The van der Waals surface area contributed by atoms with E-state index in [9.17, 15) is 14.7 Å². The van der Waals surface area contributed by atoms with Crippen molar-refractivity contribution in [3.8, 4) is 22.6 Å². The second kappa shape index (κ2) is 8.72. The normalized spacial score (nSPS) is 12.8. The Hall–Kier alpha value is -4.46. The highest BCUT2D eigenvalue weighted by Crippen LogP contribution is 2.33. The van der Waals surface area contributed by atoms with Gasteiger partial charge in [0.05, 0.1) is 12.1 Å². The van der Waals surface area contributed by atoms with Gasteiger partial charge in [0.1, 0.15) is 11.5 Å². The molecule has 0 saturated heterocycles. The zero-order chi connectivity index (χ0) is 24.7. The molecule has 0 bridgehead atoms. The van der Waals surface area contributed by atoms with Crippen molar-refractivity contribution < 1.29 is 14.7 Å². The number of carbonyl (C=O) groups excluding carboxylic acids is 1. The van der Waals surface area contributed by atoms with E-state index in [2.05, 4.69) is 24.1 Å². The van der Waals surface area contributed by atoms with Crippen molar-refractivity contribution in [2.24, 2.45) is 0 Å². The fourth-order valence-electron chi connectivity index (χ4n) is 4.35. The number of hydrogen-bond donors (Lipinski definition) is 2. The van der Waals surface area contributed by atoms with E-state index in [1.807, 2.05) is 53.2 Å². The molecule has 0 unspecified atom stereocenters. The zero-order valence-corrected chi connectivity index (χ0v) is 19.7. The lowest BCUT2D eigenvalue weighted by atomic mass is 9.98. The molecule has 8 nitrogen and oxygen atoms in total. The monoisotopic (exact) mass is 467 g/mol. The van der Waals surface area contributed by atoms with E-state index < -0.39 is 5.97 Å². The van der Waals surface area contributed by atoms with Crippen LogP contribution in [-0.2, 0) is 6.54 Å². The Morgan fingerprint density at radius 1 is 1.09 bits per heavy atom. The highest BCUT2D eigenvalue weighted by molar-refractivity contribution is 6.10. The summed E-state index contributed by atoms with van der Waals surface area (Å²) in [5, 5.41) is 12.5. The lowest BCUT2D eigenvalue weighted by molar-refractivity contribution is 0.0696. The van der Waals surface area contributed by atoms with E-state index in [-0.39, 0.29) is 17.5 Å². The Bertz CT molecular complexity index is 1460. The SMILES string of the molecule is CNc1cc(C(=O)O)cc(-c2ccc3c(c2)C(=O)N(c2cccc(-c4nccn4C(C)C)n2)C3)c1. The van der Waals surface area contributed by atoms with Crippen LogP contribution in [0.4, 0.5) is 11.5 Å². The van der Waals surface area contributed by atoms with Gasteiger partial charge in [-0.05, 0) is 66.9 Å². The summed E-state index contributed by atoms with van der Waals surface area (Å²) in [6.45, 7) is 4.58. The molecule has 2 N–H and O–H groups in total. The second-order valence-corrected chi connectivity index (χ2v) is 8.75. The van der Waals surface area contributed by atoms with Crippen LogP contribution in [-0.4, -0.2) is 38.6 Å². The van der Waals surface area contributed by atoms with Crippen LogP contribution >= 0.6 is 0 Å². The summed E-state index contributed by atoms with van der Waals surface area (Å²) < 4.78 is 2.05. The summed E-state index contributed by atoms with van der Waals surface area (Å²) in [6.07, 6.45) is 3.67. The van der Waals surface area contributed by atoms with Crippen LogP contribution in [0.3, 0.4) is 0 Å². The quantitative estimate of drug-likeness (QED) is 0.410. The number of carboxylic acid groups (broad SMARTS) is 1. The highest BCUT2D eigenvalue weighted by atomic mass is 16.4. The molecule has 35 heavy (non-hydrogen) atoms. The average molecular weight is 468 g/mol. The molecule has 1 aliphatic rings. The molecule has 2 aromatic heterocycles. The molecule has 4 aromatic rings. The van der Waals surface area contributed by atoms with Crippen LogP contribution in [0, 0.1) is 0 Å². The molecule has 0 saturated carbocycles. The van der Waals surface area contributed by atoms with E-state index in [0.717, 1.165) is 22.5 Å². The van der Waals surface area contributed by atoms with E-state index in [4.69, 9.17) is 4.98 Å². The van der Waals surface area contributed by atoms with Crippen molar-refractivity contribution in [2.75, 3.05) is 17.3 Å². The van der Waals surface area contributed by atoms with Gasteiger partial charge in [0, 0.05) is 36.7 Å². The lowest BCUT2D eigenvalue weighted by Gasteiger charge is -2.16. The number of anilines is 2. The number of aromatic nitrogens is 3. The number of fused-ring (bicyclic) bond motifs is 1. The molecule has 1 aliphatic heterocycles. The van der Waals surface area contributed by atoms with E-state index in [1.54, 1.807) is 30.3 Å². The predicted molar refractivity (Wildman–Crippen MR) is 135 cm³/mol. The number of nitrogens with zero attached hydrogens (tertiary/aromatic N) is 4. The van der Waals surface area contributed by atoms with Crippen molar-refractivity contribution in [1.29, 1.82) is 0 Å². The van der Waals surface area contributed by atoms with Crippen molar-refractivity contribution in [1.82, 2.24) is 14.5 Å². The number of carbonyl (C=O) groups is 2. The molecule has 0 atom stereocenters. The Kier molecular flexibility index (Phi) is 5.56. The summed E-state index contributed by atoms with van der Waals surface area (Å²) in [5.41, 5.74) is 4.57. The number of nitrogens with one attached hydrogen (secondary N) is 1. The van der Waals surface area contributed by atoms with Gasteiger partial charge in [-0.3, -0.25) is 9.69 Å². The molecule has 0 aliphatic carbocycles. The summed E-state index contributed by atoms with van der Waals surface area (Å²) in [5.74, 6) is 0.179. The Morgan fingerprint density at radius 2 is 1.91 bits per heavy atom. The van der Waals surface area contributed by atoms with Crippen LogP contribution in [0.2, 0.25) is 0 Å². The second-order valence-electron chi connectivity index (χ2n) is 8.75. The molecule has 0 spiro atoms. The van der Waals surface area contributed by atoms with Gasteiger partial charge >= 0.3 is 5.97 Å². The maximum atomic E-state index is 13.4. The van der Waals surface area contributed by atoms with Crippen LogP contribution in [0.5, 0.6) is 0 Å². The number of pyridine rings is 1. The largest absolute Gasteiger partial charge is 0.478 e. The molecule has 5 rings (SSSR count). The fourth-order valence-corrected chi connectivity index (χ4v) is 4.35. The van der Waals surface area contributed by atoms with Crippen LogP contribution < -0.4 is 10.2 Å². The van der Waals surface area contributed by atoms with E-state index in [0.29, 0.717) is 29.3 Å². The predicted octanol–water partition coefficient (Wildman–Crippen LogP) is 5.09. The lowest BCUT2D eigenvalue weighted by Crippen LogP contribution is -2.24. The molecule has 0 fully saturated rings. The molecule has 2 aromatic carbocycles. The number of aromatic carboxylic acids is 1. The Labute approximate surface area is 202 Å². The van der Waals surface area contributed by atoms with Gasteiger partial charge in [0.2, 0.25) is 0 Å². The number of rotatable bonds is 6. The number of imidazole rings is 1. The van der Waals surface area contributed by atoms with Crippen LogP contribution in [0.25, 0.3) is 22.6 Å². The van der Waals surface area contributed by atoms with Gasteiger partial charge in [-0.2, -0.15) is 0 Å². The highest BCUT2D eigenvalue weighted by Gasteiger charge is 2.30. The maximum Gasteiger partial charge on any atom is 0.335 e. The minimum absolute atomic E-state index is 0.137. The average Bonchev–Trinajstić information content (AvgIpc) is 3.49. The minimum Gasteiger partial charge on any atom is -0.478 e. The third-order valence-electron chi connectivity index (χ3n) is 6.18. The first kappa shape index (κ1) is 22.3. The first-order valence-electron chi connectivity index (χ1n) is 11.4. The number of amides is 1. The first-order chi connectivity index (χ1) is 16.9. The Balaban J connectivity index is 1.48. The smallest absolute Gasteiger partial charge is 0.335 e. The molecule has 0 radical (unpaired) electrons. The van der Waals surface area contributed by atoms with Crippen LogP contribution in [0.15, 0.2) is 67.0 Å². The Morgan fingerprint density at radius 3 is 2.66 bits per heavy atom. The van der Waals surface area contributed by atoms with Crippen molar-refractivity contribution >= 4 is 23.4 Å². The van der Waals surface area contributed by atoms with Crippen molar-refractivity contribution in [2.45, 2.75) is 26.4 Å². The molecule has 8 heteroatoms. The molecular weight excluding hydrogens is 442 g/mol. The molecule has 176 valence electrons. The third kappa shape index (κ3) is 4.03. The van der Waals surface area contributed by atoms with Gasteiger partial charge in [0.25, 0.3) is 5.91 Å². The first-order valence-corrected chi connectivity index (χ1v) is 11.4. The van der Waals surface area contributed by atoms with Gasteiger partial charge < -0.3 is 15.0 Å². The molecule has 3 heterocycles. The van der Waals surface area contributed by atoms with Gasteiger partial charge in [-0.25, -0.2) is 14.8 Å². The minimum atomic E-state index is -1.00. The number of benzene rings is 2. The number of hydrogen-bond acceptors (Lipinski definition) is 5. The van der Waals surface area contributed by atoms with Gasteiger partial charge in [0.15, 0.2) is 5.82 Å². The van der Waals surface area contributed by atoms with E-state index in [1.165, 1.54) is 0 Å².